The summed E-state index contributed by atoms with van der Waals surface area (Å²) in [5, 5.41) is 0. The Kier molecular flexibility index (Phi) is 5.74. The molecule has 1 aliphatic heterocycles. The molecule has 1 saturated carbocycles. The Morgan fingerprint density at radius 2 is 2.24 bits per heavy atom. The van der Waals surface area contributed by atoms with Crippen molar-refractivity contribution in [3.05, 3.63) is 29.7 Å². The van der Waals surface area contributed by atoms with Crippen molar-refractivity contribution >= 4 is 11.4 Å². The van der Waals surface area contributed by atoms with Gasteiger partial charge in [-0.1, -0.05) is 13.8 Å². The topological polar surface area (TPSA) is 74.4 Å². The van der Waals surface area contributed by atoms with Gasteiger partial charge in [-0.05, 0) is 44.2 Å². The second-order valence-corrected chi connectivity index (χ2v) is 7.05. The van der Waals surface area contributed by atoms with Gasteiger partial charge in [0.2, 0.25) is 0 Å². The summed E-state index contributed by atoms with van der Waals surface area (Å²) in [6, 6.07) is 3.77. The smallest absolute Gasteiger partial charge is 0.169 e. The molecule has 1 saturated heterocycles. The summed E-state index contributed by atoms with van der Waals surface area (Å²) >= 11 is 0. The van der Waals surface area contributed by atoms with Crippen molar-refractivity contribution in [2.24, 2.45) is 11.7 Å². The SMILES string of the molecule is CCC(C)C(=O)C(=CN)c1ccc(OCC2CCCO2)c(C2CC2)n1. The largest absolute Gasteiger partial charge is 0.489 e. The first-order chi connectivity index (χ1) is 12.1. The number of carbonyl (C=O) groups is 1. The van der Waals surface area contributed by atoms with Gasteiger partial charge in [0, 0.05) is 24.6 Å². The number of hydrogen-bond acceptors (Lipinski definition) is 5. The summed E-state index contributed by atoms with van der Waals surface area (Å²) < 4.78 is 11.6. The summed E-state index contributed by atoms with van der Waals surface area (Å²) in [4.78, 5) is 17.3. The number of ether oxygens (including phenoxy) is 2. The van der Waals surface area contributed by atoms with Crippen LogP contribution in [0.1, 0.15) is 63.3 Å². The maximum atomic E-state index is 12.6. The van der Waals surface area contributed by atoms with Gasteiger partial charge in [-0.25, -0.2) is 4.98 Å². The fourth-order valence-corrected chi connectivity index (χ4v) is 3.09. The van der Waals surface area contributed by atoms with E-state index in [-0.39, 0.29) is 17.8 Å². The molecule has 0 amide bonds. The van der Waals surface area contributed by atoms with Crippen LogP contribution in [-0.4, -0.2) is 30.1 Å². The van der Waals surface area contributed by atoms with Crippen LogP contribution in [0.5, 0.6) is 5.75 Å². The second-order valence-electron chi connectivity index (χ2n) is 7.05. The standard InChI is InChI=1S/C20H28N2O3/c1-3-13(2)20(23)16(11-21)17-8-9-18(19(22-17)14-6-7-14)25-12-15-5-4-10-24-15/h8-9,11,13-15H,3-7,10,12,21H2,1-2H3. The summed E-state index contributed by atoms with van der Waals surface area (Å²) in [5.74, 6) is 1.23. The van der Waals surface area contributed by atoms with E-state index in [0.717, 1.165) is 50.2 Å². The number of allylic oxidation sites excluding steroid dienone is 1. The molecule has 2 heterocycles. The van der Waals surface area contributed by atoms with Crippen LogP contribution in [0, 0.1) is 5.92 Å². The van der Waals surface area contributed by atoms with Gasteiger partial charge in [0.15, 0.2) is 5.78 Å². The molecular formula is C20H28N2O3. The van der Waals surface area contributed by atoms with Crippen LogP contribution in [0.4, 0.5) is 0 Å². The monoisotopic (exact) mass is 344 g/mol. The molecule has 25 heavy (non-hydrogen) atoms. The van der Waals surface area contributed by atoms with Crippen molar-refractivity contribution in [2.45, 2.75) is 58.0 Å². The number of carbonyl (C=O) groups excluding carboxylic acids is 1. The van der Waals surface area contributed by atoms with E-state index >= 15 is 0 Å². The Balaban J connectivity index is 1.79. The lowest BCUT2D eigenvalue weighted by molar-refractivity contribution is -0.116. The molecule has 2 aliphatic rings. The molecule has 2 unspecified atom stereocenters. The molecule has 0 spiro atoms. The maximum Gasteiger partial charge on any atom is 0.169 e. The number of rotatable bonds is 8. The van der Waals surface area contributed by atoms with Crippen LogP contribution in [0.25, 0.3) is 5.57 Å². The number of aromatic nitrogens is 1. The van der Waals surface area contributed by atoms with Crippen LogP contribution in [0.2, 0.25) is 0 Å². The van der Waals surface area contributed by atoms with E-state index in [1.807, 2.05) is 26.0 Å². The van der Waals surface area contributed by atoms with Gasteiger partial charge in [0.1, 0.15) is 12.4 Å². The van der Waals surface area contributed by atoms with E-state index in [1.165, 1.54) is 6.20 Å². The van der Waals surface area contributed by atoms with E-state index in [4.69, 9.17) is 20.2 Å². The minimum absolute atomic E-state index is 0.0484. The average Bonchev–Trinajstić information content (AvgIpc) is 3.35. The number of Topliss-reactive ketones (excluding diaryl/α,β-unsaturated/α-hetero) is 1. The average molecular weight is 344 g/mol. The van der Waals surface area contributed by atoms with Gasteiger partial charge in [0.05, 0.1) is 23.1 Å². The van der Waals surface area contributed by atoms with Crippen LogP contribution in [0.15, 0.2) is 18.3 Å². The number of pyridine rings is 1. The Hall–Kier alpha value is -1.88. The highest BCUT2D eigenvalue weighted by Gasteiger charge is 2.30. The molecule has 3 rings (SSSR count). The summed E-state index contributed by atoms with van der Waals surface area (Å²) in [6.07, 6.45) is 6.74. The van der Waals surface area contributed by atoms with E-state index in [9.17, 15) is 4.79 Å². The molecule has 2 N–H and O–H groups in total. The van der Waals surface area contributed by atoms with Gasteiger partial charge in [-0.2, -0.15) is 0 Å². The highest BCUT2D eigenvalue weighted by Crippen LogP contribution is 2.43. The summed E-state index contributed by atoms with van der Waals surface area (Å²) in [6.45, 7) is 5.31. The predicted octanol–water partition coefficient (Wildman–Crippen LogP) is 3.43. The van der Waals surface area contributed by atoms with Crippen molar-refractivity contribution in [2.75, 3.05) is 13.2 Å². The summed E-state index contributed by atoms with van der Waals surface area (Å²) in [5.41, 5.74) is 7.85. The molecule has 2 fully saturated rings. The van der Waals surface area contributed by atoms with E-state index in [0.29, 0.717) is 23.8 Å². The number of nitrogens with zero attached hydrogens (tertiary/aromatic N) is 1. The lowest BCUT2D eigenvalue weighted by Gasteiger charge is -2.16. The molecule has 0 aromatic carbocycles. The molecule has 2 atom stereocenters. The first-order valence-electron chi connectivity index (χ1n) is 9.35. The quantitative estimate of drug-likeness (QED) is 0.731. The normalized spacial score (nSPS) is 22.0. The number of hydrogen-bond donors (Lipinski definition) is 1. The first-order valence-corrected chi connectivity index (χ1v) is 9.35. The van der Waals surface area contributed by atoms with Crippen LogP contribution >= 0.6 is 0 Å². The Morgan fingerprint density at radius 3 is 2.84 bits per heavy atom. The van der Waals surface area contributed by atoms with Crippen molar-refractivity contribution in [1.29, 1.82) is 0 Å². The van der Waals surface area contributed by atoms with Crippen molar-refractivity contribution in [3.8, 4) is 5.75 Å². The van der Waals surface area contributed by atoms with Crippen LogP contribution < -0.4 is 10.5 Å². The van der Waals surface area contributed by atoms with E-state index in [2.05, 4.69) is 0 Å². The van der Waals surface area contributed by atoms with Gasteiger partial charge in [-0.3, -0.25) is 4.79 Å². The van der Waals surface area contributed by atoms with E-state index in [1.54, 1.807) is 0 Å². The molecule has 1 aromatic rings. The van der Waals surface area contributed by atoms with Gasteiger partial charge in [0.25, 0.3) is 0 Å². The third-order valence-corrected chi connectivity index (χ3v) is 5.07. The van der Waals surface area contributed by atoms with Crippen molar-refractivity contribution in [1.82, 2.24) is 4.98 Å². The zero-order valence-corrected chi connectivity index (χ0v) is 15.2. The molecule has 136 valence electrons. The Morgan fingerprint density at radius 1 is 1.44 bits per heavy atom. The molecule has 5 heteroatoms. The molecule has 5 nitrogen and oxygen atoms in total. The molecular weight excluding hydrogens is 316 g/mol. The number of ketones is 1. The van der Waals surface area contributed by atoms with Gasteiger partial charge in [-0.15, -0.1) is 0 Å². The zero-order chi connectivity index (χ0) is 17.8. The Labute approximate surface area is 149 Å². The minimum Gasteiger partial charge on any atom is -0.489 e. The zero-order valence-electron chi connectivity index (χ0n) is 15.2. The third-order valence-electron chi connectivity index (χ3n) is 5.07. The van der Waals surface area contributed by atoms with E-state index < -0.39 is 0 Å². The fraction of sp³-hybridized carbons (Fsp3) is 0.600. The van der Waals surface area contributed by atoms with Crippen LogP contribution in [0.3, 0.4) is 0 Å². The third kappa shape index (κ3) is 4.21. The lowest BCUT2D eigenvalue weighted by atomic mass is 9.95. The predicted molar refractivity (Wildman–Crippen MR) is 97.3 cm³/mol. The van der Waals surface area contributed by atoms with Gasteiger partial charge >= 0.3 is 0 Å². The highest BCUT2D eigenvalue weighted by molar-refractivity contribution is 6.20. The van der Waals surface area contributed by atoms with Crippen molar-refractivity contribution < 1.29 is 14.3 Å². The fourth-order valence-electron chi connectivity index (χ4n) is 3.09. The highest BCUT2D eigenvalue weighted by atomic mass is 16.5. The first kappa shape index (κ1) is 17.9. The second kappa shape index (κ2) is 8.00. The summed E-state index contributed by atoms with van der Waals surface area (Å²) in [7, 11) is 0. The molecule has 1 aromatic heterocycles. The van der Waals surface area contributed by atoms with Gasteiger partial charge < -0.3 is 15.2 Å². The minimum atomic E-state index is -0.0589. The lowest BCUT2D eigenvalue weighted by Crippen LogP contribution is -2.18. The molecule has 0 bridgehead atoms. The Bertz CT molecular complexity index is 646. The molecule has 0 radical (unpaired) electrons. The van der Waals surface area contributed by atoms with Crippen LogP contribution in [-0.2, 0) is 9.53 Å². The molecule has 1 aliphatic carbocycles. The van der Waals surface area contributed by atoms with Crippen molar-refractivity contribution in [3.63, 3.8) is 0 Å². The number of nitrogens with two attached hydrogens (primary N) is 1. The maximum absolute atomic E-state index is 12.6.